The number of hydrogen-bond donors (Lipinski definition) is 0. The summed E-state index contributed by atoms with van der Waals surface area (Å²) in [6, 6.07) is 0. The highest BCUT2D eigenvalue weighted by atomic mass is 16.7. The molecule has 1 heterocycles. The van der Waals surface area contributed by atoms with Crippen LogP contribution in [-0.2, 0) is 9.47 Å². The molecule has 1 aliphatic heterocycles. The molecule has 3 heteroatoms. The van der Waals surface area contributed by atoms with E-state index in [0.717, 1.165) is 12.8 Å². The predicted molar refractivity (Wildman–Crippen MR) is 42.4 cm³/mol. The van der Waals surface area contributed by atoms with Gasteiger partial charge in [-0.05, 0) is 19.8 Å². The highest BCUT2D eigenvalue weighted by Gasteiger charge is 2.06. The van der Waals surface area contributed by atoms with Crippen molar-refractivity contribution in [2.24, 2.45) is 0 Å². The van der Waals surface area contributed by atoms with Crippen LogP contribution in [0.15, 0.2) is 12.7 Å². The Kier molecular flexibility index (Phi) is 6.48. The van der Waals surface area contributed by atoms with Gasteiger partial charge in [0.25, 0.3) is 0 Å². The first-order valence-corrected chi connectivity index (χ1v) is 3.68. The van der Waals surface area contributed by atoms with Crippen LogP contribution in [0.4, 0.5) is 4.79 Å². The van der Waals surface area contributed by atoms with Crippen LogP contribution in [0, 0.1) is 0 Å². The van der Waals surface area contributed by atoms with E-state index in [9.17, 15) is 4.79 Å². The maximum absolute atomic E-state index is 10.2. The molecular weight excluding hydrogens is 144 g/mol. The van der Waals surface area contributed by atoms with Gasteiger partial charge in [0, 0.05) is 0 Å². The molecule has 0 atom stereocenters. The SMILES string of the molecule is C=CC.O=C1OCCCCO1. The average Bonchev–Trinajstić information content (AvgIpc) is 2.18. The molecule has 1 saturated heterocycles. The second kappa shape index (κ2) is 7.12. The van der Waals surface area contributed by atoms with Crippen molar-refractivity contribution in [2.75, 3.05) is 13.2 Å². The molecule has 0 aromatic heterocycles. The number of allylic oxidation sites excluding steroid dienone is 1. The first-order valence-electron chi connectivity index (χ1n) is 3.68. The summed E-state index contributed by atoms with van der Waals surface area (Å²) >= 11 is 0. The first-order chi connectivity index (χ1) is 5.31. The van der Waals surface area contributed by atoms with E-state index in [1.54, 1.807) is 6.08 Å². The third-order valence-electron chi connectivity index (χ3n) is 0.979. The number of hydrogen-bond acceptors (Lipinski definition) is 3. The Morgan fingerprint density at radius 3 is 2.09 bits per heavy atom. The van der Waals surface area contributed by atoms with E-state index >= 15 is 0 Å². The molecule has 3 nitrogen and oxygen atoms in total. The van der Waals surface area contributed by atoms with E-state index in [2.05, 4.69) is 16.1 Å². The van der Waals surface area contributed by atoms with E-state index in [4.69, 9.17) is 0 Å². The molecule has 0 bridgehead atoms. The minimum atomic E-state index is -0.525. The predicted octanol–water partition coefficient (Wildman–Crippen LogP) is 2.13. The maximum atomic E-state index is 10.2. The fourth-order valence-corrected chi connectivity index (χ4v) is 0.557. The molecule has 0 amide bonds. The van der Waals surface area contributed by atoms with Crippen molar-refractivity contribution < 1.29 is 14.3 Å². The van der Waals surface area contributed by atoms with Crippen LogP contribution in [0.5, 0.6) is 0 Å². The van der Waals surface area contributed by atoms with Gasteiger partial charge < -0.3 is 9.47 Å². The molecule has 0 N–H and O–H groups in total. The highest BCUT2D eigenvalue weighted by molar-refractivity contribution is 5.59. The smallest absolute Gasteiger partial charge is 0.434 e. The van der Waals surface area contributed by atoms with Crippen LogP contribution in [0.2, 0.25) is 0 Å². The van der Waals surface area contributed by atoms with Crippen LogP contribution in [0.3, 0.4) is 0 Å². The minimum Gasteiger partial charge on any atom is -0.434 e. The Labute approximate surface area is 67.0 Å². The normalized spacial score (nSPS) is 16.3. The van der Waals surface area contributed by atoms with Gasteiger partial charge in [-0.1, -0.05) is 6.08 Å². The first kappa shape index (κ1) is 10.0. The topological polar surface area (TPSA) is 35.5 Å². The number of carbonyl (C=O) groups excluding carboxylic acids is 1. The van der Waals surface area contributed by atoms with Crippen molar-refractivity contribution in [1.29, 1.82) is 0 Å². The van der Waals surface area contributed by atoms with E-state index < -0.39 is 6.16 Å². The maximum Gasteiger partial charge on any atom is 0.508 e. The van der Waals surface area contributed by atoms with Gasteiger partial charge in [0.2, 0.25) is 0 Å². The summed E-state index contributed by atoms with van der Waals surface area (Å²) in [6.07, 6.45) is 3.07. The molecule has 1 rings (SSSR count). The molecule has 0 radical (unpaired) electrons. The summed E-state index contributed by atoms with van der Waals surface area (Å²) in [5, 5.41) is 0. The fourth-order valence-electron chi connectivity index (χ4n) is 0.557. The largest absolute Gasteiger partial charge is 0.508 e. The minimum absolute atomic E-state index is 0.513. The monoisotopic (exact) mass is 158 g/mol. The molecule has 0 aromatic carbocycles. The Hall–Kier alpha value is -0.990. The molecule has 1 aliphatic rings. The Morgan fingerprint density at radius 2 is 1.73 bits per heavy atom. The van der Waals surface area contributed by atoms with Gasteiger partial charge in [-0.15, -0.1) is 6.58 Å². The van der Waals surface area contributed by atoms with Crippen molar-refractivity contribution in [3.63, 3.8) is 0 Å². The second-order valence-corrected chi connectivity index (χ2v) is 2.06. The zero-order chi connectivity index (χ0) is 8.53. The molecule has 0 aliphatic carbocycles. The van der Waals surface area contributed by atoms with Crippen molar-refractivity contribution >= 4 is 6.16 Å². The van der Waals surface area contributed by atoms with Crippen LogP contribution < -0.4 is 0 Å². The zero-order valence-electron chi connectivity index (χ0n) is 6.84. The third kappa shape index (κ3) is 6.90. The second-order valence-electron chi connectivity index (χ2n) is 2.06. The Bertz CT molecular complexity index is 111. The van der Waals surface area contributed by atoms with Crippen molar-refractivity contribution in [1.82, 2.24) is 0 Å². The fraction of sp³-hybridized carbons (Fsp3) is 0.625. The summed E-state index contributed by atoms with van der Waals surface area (Å²) in [4.78, 5) is 10.2. The van der Waals surface area contributed by atoms with Crippen molar-refractivity contribution in [3.8, 4) is 0 Å². The van der Waals surface area contributed by atoms with Crippen LogP contribution in [-0.4, -0.2) is 19.4 Å². The standard InChI is InChI=1S/C5H8O3.C3H6/c6-5-7-3-1-2-4-8-5;1-3-2/h1-4H2;3H,1H2,2H3. The molecule has 0 aromatic rings. The third-order valence-corrected chi connectivity index (χ3v) is 0.979. The van der Waals surface area contributed by atoms with Gasteiger partial charge in [-0.25, -0.2) is 4.79 Å². The van der Waals surface area contributed by atoms with Crippen molar-refractivity contribution in [3.05, 3.63) is 12.7 Å². The van der Waals surface area contributed by atoms with Gasteiger partial charge in [-0.2, -0.15) is 0 Å². The molecule has 1 fully saturated rings. The van der Waals surface area contributed by atoms with Gasteiger partial charge in [-0.3, -0.25) is 0 Å². The van der Waals surface area contributed by atoms with E-state index in [1.165, 1.54) is 0 Å². The van der Waals surface area contributed by atoms with Crippen LogP contribution >= 0.6 is 0 Å². The van der Waals surface area contributed by atoms with Gasteiger partial charge >= 0.3 is 6.16 Å². The van der Waals surface area contributed by atoms with Crippen molar-refractivity contribution in [2.45, 2.75) is 19.8 Å². The Morgan fingerprint density at radius 1 is 1.36 bits per heavy atom. The van der Waals surface area contributed by atoms with E-state index in [0.29, 0.717) is 13.2 Å². The van der Waals surface area contributed by atoms with Gasteiger partial charge in [0.05, 0.1) is 13.2 Å². The molecule has 0 spiro atoms. The van der Waals surface area contributed by atoms with E-state index in [-0.39, 0.29) is 0 Å². The summed E-state index contributed by atoms with van der Waals surface area (Å²) in [5.41, 5.74) is 0. The van der Waals surface area contributed by atoms with Crippen LogP contribution in [0.1, 0.15) is 19.8 Å². The molecule has 0 saturated carbocycles. The van der Waals surface area contributed by atoms with Gasteiger partial charge in [0.1, 0.15) is 0 Å². The zero-order valence-corrected chi connectivity index (χ0v) is 6.84. The van der Waals surface area contributed by atoms with Gasteiger partial charge in [0.15, 0.2) is 0 Å². The summed E-state index contributed by atoms with van der Waals surface area (Å²) in [6.45, 7) is 6.28. The number of cyclic esters (lactones) is 2. The lowest BCUT2D eigenvalue weighted by Crippen LogP contribution is -2.02. The number of carbonyl (C=O) groups is 1. The van der Waals surface area contributed by atoms with Crippen LogP contribution in [0.25, 0.3) is 0 Å². The molecule has 0 unspecified atom stereocenters. The molecular formula is C8H14O3. The average molecular weight is 158 g/mol. The Balaban J connectivity index is 0.000000292. The highest BCUT2D eigenvalue weighted by Crippen LogP contribution is 1.99. The summed E-state index contributed by atoms with van der Waals surface area (Å²) in [5.74, 6) is 0. The summed E-state index contributed by atoms with van der Waals surface area (Å²) < 4.78 is 9.08. The molecule has 11 heavy (non-hydrogen) atoms. The van der Waals surface area contributed by atoms with E-state index in [1.807, 2.05) is 6.92 Å². The summed E-state index contributed by atoms with van der Waals surface area (Å²) in [7, 11) is 0. The lowest BCUT2D eigenvalue weighted by molar-refractivity contribution is 0.0728. The number of rotatable bonds is 0. The quantitative estimate of drug-likeness (QED) is 0.400. The number of ether oxygens (including phenoxy) is 2. The lowest BCUT2D eigenvalue weighted by Gasteiger charge is -1.94. The lowest BCUT2D eigenvalue weighted by atomic mass is 10.3. The molecule has 64 valence electrons.